The van der Waals surface area contributed by atoms with Crippen LogP contribution in [-0.4, -0.2) is 105 Å². The van der Waals surface area contributed by atoms with Crippen molar-refractivity contribution in [2.75, 3.05) is 64.0 Å². The summed E-state index contributed by atoms with van der Waals surface area (Å²) in [5.74, 6) is 2.99. The molecule has 0 radical (unpaired) electrons. The van der Waals surface area contributed by atoms with Crippen molar-refractivity contribution in [3.05, 3.63) is 41.5 Å². The lowest BCUT2D eigenvalue weighted by atomic mass is 9.93. The molecule has 4 aromatic rings. The number of methoxy groups -OCH3 is 2. The van der Waals surface area contributed by atoms with Crippen molar-refractivity contribution in [2.45, 2.75) is 108 Å². The van der Waals surface area contributed by atoms with Crippen molar-refractivity contribution < 1.29 is 32.5 Å². The van der Waals surface area contributed by atoms with Crippen molar-refractivity contribution in [1.82, 2.24) is 19.9 Å². The van der Waals surface area contributed by atoms with E-state index in [0.717, 1.165) is 19.4 Å². The fourth-order valence-electron chi connectivity index (χ4n) is 10.2. The van der Waals surface area contributed by atoms with Crippen molar-refractivity contribution in [2.24, 2.45) is 0 Å². The molecule has 0 unspecified atom stereocenters. The van der Waals surface area contributed by atoms with Crippen LogP contribution in [0.15, 0.2) is 24.3 Å². The first-order valence-corrected chi connectivity index (χ1v) is 22.9. The Morgan fingerprint density at radius 3 is 2.43 bits per heavy atom. The molecule has 7 rings (SSSR count). The average molecular weight is 819 g/mol. The summed E-state index contributed by atoms with van der Waals surface area (Å²) in [6.45, 7) is 15.6. The Bertz CT molecular complexity index is 2210. The van der Waals surface area contributed by atoms with Crippen molar-refractivity contribution in [1.29, 1.82) is 0 Å². The van der Waals surface area contributed by atoms with Crippen LogP contribution in [0, 0.1) is 23.1 Å². The number of aliphatic hydroxyl groups excluding tert-OH is 1. The monoisotopic (exact) mass is 818 g/mol. The molecule has 0 aliphatic carbocycles. The summed E-state index contributed by atoms with van der Waals surface area (Å²) in [5.41, 5.74) is 4.40. The minimum Gasteiger partial charge on any atom is -0.480 e. The molecule has 2 aromatic carbocycles. The van der Waals surface area contributed by atoms with E-state index >= 15 is 8.78 Å². The topological polar surface area (TPSA) is 105 Å². The van der Waals surface area contributed by atoms with Gasteiger partial charge in [0.2, 0.25) is 11.8 Å². The molecule has 312 valence electrons. The van der Waals surface area contributed by atoms with Crippen molar-refractivity contribution in [3.8, 4) is 34.4 Å². The van der Waals surface area contributed by atoms with Gasteiger partial charge in [0.05, 0.1) is 18.8 Å². The van der Waals surface area contributed by atoms with Gasteiger partial charge in [-0.25, -0.2) is 23.1 Å². The number of rotatable bonds is 12. The van der Waals surface area contributed by atoms with Crippen LogP contribution in [0.25, 0.3) is 32.9 Å². The van der Waals surface area contributed by atoms with E-state index in [4.69, 9.17) is 29.2 Å². The van der Waals surface area contributed by atoms with Crippen LogP contribution in [0.2, 0.25) is 16.6 Å². The Morgan fingerprint density at radius 1 is 0.983 bits per heavy atom. The number of aromatic nitrogens is 3. The maximum atomic E-state index is 17.8. The van der Waals surface area contributed by atoms with Crippen LogP contribution in [0.4, 0.5) is 24.9 Å². The molecule has 3 fully saturated rings. The molecule has 2 aromatic heterocycles. The molecule has 0 saturated carbocycles. The fourth-order valence-corrected chi connectivity index (χ4v) is 15.4. The van der Waals surface area contributed by atoms with Gasteiger partial charge in [-0.3, -0.25) is 4.90 Å². The molecular formula is C44H57F3N6O4Si. The minimum absolute atomic E-state index is 0.0590. The number of alkyl halides is 1. The van der Waals surface area contributed by atoms with Gasteiger partial charge in [-0.15, -0.1) is 5.54 Å². The third kappa shape index (κ3) is 7.59. The largest absolute Gasteiger partial charge is 0.480 e. The maximum Gasteiger partial charge on any atom is 0.227 e. The highest BCUT2D eigenvalue weighted by Gasteiger charge is 2.48. The molecule has 58 heavy (non-hydrogen) atoms. The third-order valence-corrected chi connectivity index (χ3v) is 19.2. The first-order chi connectivity index (χ1) is 27.7. The van der Waals surface area contributed by atoms with Crippen LogP contribution in [0.3, 0.4) is 0 Å². The number of piperidine rings is 1. The number of nitrogens with zero attached hydrogens (tertiary/aromatic N) is 5. The van der Waals surface area contributed by atoms with Crippen LogP contribution in [0.1, 0.15) is 79.2 Å². The molecule has 0 spiro atoms. The van der Waals surface area contributed by atoms with Gasteiger partial charge in [-0.2, -0.15) is 4.98 Å². The number of pyridine rings is 1. The number of ether oxygens (including phenoxy) is 3. The van der Waals surface area contributed by atoms with Gasteiger partial charge >= 0.3 is 0 Å². The molecular weight excluding hydrogens is 762 g/mol. The molecule has 0 bridgehead atoms. The smallest absolute Gasteiger partial charge is 0.227 e. The molecule has 14 heteroatoms. The summed E-state index contributed by atoms with van der Waals surface area (Å²) >= 11 is 0. The van der Waals surface area contributed by atoms with Crippen LogP contribution >= 0.6 is 0 Å². The van der Waals surface area contributed by atoms with E-state index in [1.165, 1.54) is 20.3 Å². The average Bonchev–Trinajstić information content (AvgIpc) is 3.72. The Kier molecular flexibility index (Phi) is 12.2. The zero-order valence-electron chi connectivity index (χ0n) is 35.0. The number of halogens is 3. The van der Waals surface area contributed by atoms with E-state index in [1.807, 2.05) is 4.90 Å². The number of fused-ring (bicyclic) bond motifs is 3. The van der Waals surface area contributed by atoms with Gasteiger partial charge in [0, 0.05) is 49.8 Å². The number of β-amino-alcohol motifs (C(OH)–C–C–N with tert-alkyl or cyclic N) is 1. The first-order valence-electron chi connectivity index (χ1n) is 20.7. The predicted molar refractivity (Wildman–Crippen MR) is 226 cm³/mol. The summed E-state index contributed by atoms with van der Waals surface area (Å²) in [7, 11) is 0.635. The van der Waals surface area contributed by atoms with Gasteiger partial charge in [-0.05, 0) is 78.9 Å². The second-order valence-electron chi connectivity index (χ2n) is 17.2. The molecule has 2 N–H and O–H groups in total. The van der Waals surface area contributed by atoms with Crippen molar-refractivity contribution >= 4 is 41.5 Å². The summed E-state index contributed by atoms with van der Waals surface area (Å²) in [6, 6.07) is 6.41. The number of hydrogen-bond acceptors (Lipinski definition) is 10. The number of benzene rings is 2. The van der Waals surface area contributed by atoms with Gasteiger partial charge < -0.3 is 29.5 Å². The molecule has 3 aliphatic rings. The highest BCUT2D eigenvalue weighted by molar-refractivity contribution is 6.90. The number of hydrogen-bond donors (Lipinski definition) is 2. The first kappa shape index (κ1) is 42.0. The van der Waals surface area contributed by atoms with Gasteiger partial charge in [0.15, 0.2) is 12.6 Å². The maximum absolute atomic E-state index is 17.8. The molecule has 3 saturated heterocycles. The standard InChI is InChI=1S/C44H57F3N6O4Si/c1-26(2)58(27(3)4,28(5)6)18-14-33-35(46)13-12-29-19-32(57-25-55-7)20-34(36(29)33)39-38(47)40-37(42(49-39)56-8)41(52-16-9-11-31(54)23-52)51-43(50-40)48-24-44-15-10-17-53(44)22-30(45)21-44/h12-13,19-20,26-28,30-31,54H,9-11,15-17,21-25H2,1-8H3,(H,48,50,51)/t30-,31-,44+/m1/s1. The summed E-state index contributed by atoms with van der Waals surface area (Å²) in [6.07, 6.45) is 2.01. The van der Waals surface area contributed by atoms with Gasteiger partial charge in [0.25, 0.3) is 0 Å². The Balaban J connectivity index is 1.48. The summed E-state index contributed by atoms with van der Waals surface area (Å²) < 4.78 is 65.9. The molecule has 10 nitrogen and oxygen atoms in total. The van der Waals surface area contributed by atoms with E-state index in [9.17, 15) is 9.50 Å². The molecule has 0 amide bonds. The van der Waals surface area contributed by atoms with E-state index in [-0.39, 0.29) is 58.4 Å². The number of aliphatic hydroxyl groups is 1. The van der Waals surface area contributed by atoms with Gasteiger partial charge in [0.1, 0.15) is 48.2 Å². The molecule has 3 aliphatic heterocycles. The van der Waals surface area contributed by atoms with Gasteiger partial charge in [-0.1, -0.05) is 53.5 Å². The second-order valence-corrected chi connectivity index (χ2v) is 22.8. The minimum atomic E-state index is -2.32. The second kappa shape index (κ2) is 16.8. The third-order valence-electron chi connectivity index (χ3n) is 12.9. The number of nitrogens with one attached hydrogen (secondary N) is 1. The van der Waals surface area contributed by atoms with Crippen molar-refractivity contribution in [3.63, 3.8) is 0 Å². The lowest BCUT2D eigenvalue weighted by Gasteiger charge is -2.38. The Hall–Kier alpha value is -4.16. The lowest BCUT2D eigenvalue weighted by Crippen LogP contribution is -2.44. The Labute approximate surface area is 340 Å². The van der Waals surface area contributed by atoms with Crippen LogP contribution in [0.5, 0.6) is 11.6 Å². The Morgan fingerprint density at radius 2 is 1.74 bits per heavy atom. The summed E-state index contributed by atoms with van der Waals surface area (Å²) in [4.78, 5) is 18.6. The molecule has 3 atom stereocenters. The lowest BCUT2D eigenvalue weighted by molar-refractivity contribution is 0.0512. The highest BCUT2D eigenvalue weighted by Crippen LogP contribution is 2.45. The van der Waals surface area contributed by atoms with Crippen LogP contribution < -0.4 is 19.7 Å². The number of anilines is 2. The highest BCUT2D eigenvalue weighted by atomic mass is 28.3. The zero-order chi connectivity index (χ0) is 41.5. The van der Waals surface area contributed by atoms with E-state index in [1.54, 1.807) is 18.2 Å². The summed E-state index contributed by atoms with van der Waals surface area (Å²) in [5, 5.41) is 15.3. The zero-order valence-corrected chi connectivity index (χ0v) is 36.0. The normalized spacial score (nSPS) is 21.3. The SMILES string of the molecule is COCOc1cc(-c2nc(OC)c3c(N4CCC[C@@H](O)C4)nc(NC[C@@]45CCCN4C[C@H](F)C5)nc3c2F)c2c(C#C[Si](C(C)C)(C(C)C)C(C)C)c(F)ccc2c1. The van der Waals surface area contributed by atoms with E-state index in [2.05, 4.69) is 63.2 Å². The predicted octanol–water partition coefficient (Wildman–Crippen LogP) is 8.63. The fraction of sp³-hybridized carbons (Fsp3) is 0.568. The van der Waals surface area contributed by atoms with Crippen LogP contribution in [-0.2, 0) is 4.74 Å². The molecule has 5 heterocycles. The van der Waals surface area contributed by atoms with E-state index < -0.39 is 32.0 Å². The quantitative estimate of drug-likeness (QED) is 0.0821. The van der Waals surface area contributed by atoms with E-state index in [0.29, 0.717) is 77.9 Å².